The van der Waals surface area contributed by atoms with Crippen LogP contribution in [0.5, 0.6) is 0 Å². The standard InChI is InChI=1S/C17H14O3.K/c18-16-14-9-5-4-8-13(14)10-15(16)17(19)20-11-12-6-2-1-3-7-12;/h1-9,18H,10-11H2;/q;+1/p-1. The maximum absolute atomic E-state index is 12.1. The topological polar surface area (TPSA) is 49.4 Å². The molecule has 0 saturated heterocycles. The summed E-state index contributed by atoms with van der Waals surface area (Å²) in [5.74, 6) is -0.728. The first-order chi connectivity index (χ1) is 9.75. The Morgan fingerprint density at radius 3 is 2.43 bits per heavy atom. The minimum absolute atomic E-state index is 0. The van der Waals surface area contributed by atoms with E-state index in [9.17, 15) is 9.90 Å². The van der Waals surface area contributed by atoms with Gasteiger partial charge in [-0.25, -0.2) is 4.79 Å². The second-order valence-corrected chi connectivity index (χ2v) is 4.70. The van der Waals surface area contributed by atoms with Gasteiger partial charge in [0.1, 0.15) is 6.61 Å². The van der Waals surface area contributed by atoms with Crippen molar-refractivity contribution in [3.05, 3.63) is 76.9 Å². The molecule has 1 aliphatic carbocycles. The van der Waals surface area contributed by atoms with Gasteiger partial charge in [-0.1, -0.05) is 60.4 Å². The van der Waals surface area contributed by atoms with Crippen LogP contribution in [0.1, 0.15) is 16.7 Å². The van der Waals surface area contributed by atoms with Crippen molar-refractivity contribution in [2.75, 3.05) is 0 Å². The molecule has 2 aromatic carbocycles. The zero-order valence-electron chi connectivity index (χ0n) is 11.8. The van der Waals surface area contributed by atoms with Gasteiger partial charge in [0.2, 0.25) is 0 Å². The molecule has 0 radical (unpaired) electrons. The Morgan fingerprint density at radius 2 is 1.71 bits per heavy atom. The maximum Gasteiger partial charge on any atom is 1.00 e. The molecule has 0 fully saturated rings. The van der Waals surface area contributed by atoms with Crippen LogP contribution < -0.4 is 56.5 Å². The predicted octanol–water partition coefficient (Wildman–Crippen LogP) is -0.938. The first-order valence-corrected chi connectivity index (χ1v) is 6.45. The summed E-state index contributed by atoms with van der Waals surface area (Å²) in [7, 11) is 0. The normalized spacial score (nSPS) is 12.6. The fourth-order valence-electron chi connectivity index (χ4n) is 2.30. The molecule has 4 heteroatoms. The molecule has 0 N–H and O–H groups in total. The monoisotopic (exact) mass is 304 g/mol. The van der Waals surface area contributed by atoms with Gasteiger partial charge >= 0.3 is 57.4 Å². The van der Waals surface area contributed by atoms with Crippen molar-refractivity contribution < 1.29 is 66.0 Å². The Bertz CT molecular complexity index is 677. The Morgan fingerprint density at radius 1 is 1.05 bits per heavy atom. The van der Waals surface area contributed by atoms with Gasteiger partial charge in [-0.2, -0.15) is 0 Å². The molecule has 0 saturated carbocycles. The number of rotatable bonds is 3. The molecule has 3 nitrogen and oxygen atoms in total. The molecule has 0 unspecified atom stereocenters. The molecule has 0 bridgehead atoms. The van der Waals surface area contributed by atoms with Gasteiger partial charge in [0.05, 0.1) is 0 Å². The van der Waals surface area contributed by atoms with Gasteiger partial charge in [0.25, 0.3) is 0 Å². The predicted molar refractivity (Wildman–Crippen MR) is 73.3 cm³/mol. The van der Waals surface area contributed by atoms with Gasteiger partial charge in [-0.05, 0) is 16.7 Å². The number of carbonyl (C=O) groups excluding carboxylic acids is 1. The fourth-order valence-corrected chi connectivity index (χ4v) is 2.30. The first kappa shape index (κ1) is 16.5. The van der Waals surface area contributed by atoms with Crippen LogP contribution in [-0.2, 0) is 22.6 Å². The summed E-state index contributed by atoms with van der Waals surface area (Å²) in [5, 5.41) is 12.1. The molecular formula is C17H13KO3. The molecule has 21 heavy (non-hydrogen) atoms. The SMILES string of the molecule is O=C(OCc1ccccc1)C1=C([O-])c2ccccc2C1.[K+]. The van der Waals surface area contributed by atoms with Crippen molar-refractivity contribution in [1.29, 1.82) is 0 Å². The average Bonchev–Trinajstić information content (AvgIpc) is 2.84. The van der Waals surface area contributed by atoms with Crippen molar-refractivity contribution in [3.8, 4) is 0 Å². The largest absolute Gasteiger partial charge is 1.00 e. The number of carbonyl (C=O) groups is 1. The smallest absolute Gasteiger partial charge is 0.872 e. The molecule has 3 rings (SSSR count). The summed E-state index contributed by atoms with van der Waals surface area (Å²) in [6, 6.07) is 16.7. The summed E-state index contributed by atoms with van der Waals surface area (Å²) in [6.45, 7) is 0.187. The van der Waals surface area contributed by atoms with Crippen molar-refractivity contribution in [2.45, 2.75) is 13.0 Å². The molecule has 0 atom stereocenters. The molecule has 0 aromatic heterocycles. The molecule has 100 valence electrons. The molecule has 0 amide bonds. The second kappa shape index (κ2) is 7.38. The Labute approximate surface area is 166 Å². The van der Waals surface area contributed by atoms with Crippen LogP contribution in [0.25, 0.3) is 5.76 Å². The number of hydrogen-bond donors (Lipinski definition) is 0. The van der Waals surface area contributed by atoms with Gasteiger partial charge in [-0.3, -0.25) is 0 Å². The van der Waals surface area contributed by atoms with E-state index in [0.717, 1.165) is 11.1 Å². The van der Waals surface area contributed by atoms with E-state index in [0.29, 0.717) is 12.0 Å². The van der Waals surface area contributed by atoms with E-state index in [1.165, 1.54) is 0 Å². The molecular weight excluding hydrogens is 291 g/mol. The van der Waals surface area contributed by atoms with Crippen LogP contribution in [0.2, 0.25) is 0 Å². The summed E-state index contributed by atoms with van der Waals surface area (Å²) < 4.78 is 5.22. The van der Waals surface area contributed by atoms with Crippen LogP contribution in [0.4, 0.5) is 0 Å². The third-order valence-electron chi connectivity index (χ3n) is 3.36. The van der Waals surface area contributed by atoms with E-state index in [1.807, 2.05) is 42.5 Å². The molecule has 1 aliphatic rings. The van der Waals surface area contributed by atoms with E-state index < -0.39 is 5.97 Å². The first-order valence-electron chi connectivity index (χ1n) is 6.45. The number of esters is 1. The quantitative estimate of drug-likeness (QED) is 0.543. The summed E-state index contributed by atoms with van der Waals surface area (Å²) in [5.41, 5.74) is 2.63. The third-order valence-corrected chi connectivity index (χ3v) is 3.36. The molecule has 0 spiro atoms. The van der Waals surface area contributed by atoms with Crippen LogP contribution in [0.15, 0.2) is 60.2 Å². The second-order valence-electron chi connectivity index (χ2n) is 4.70. The maximum atomic E-state index is 12.1. The summed E-state index contributed by atoms with van der Waals surface area (Å²) in [4.78, 5) is 12.0. The summed E-state index contributed by atoms with van der Waals surface area (Å²) in [6.07, 6.45) is 0.364. The minimum Gasteiger partial charge on any atom is -0.872 e. The molecule has 2 aromatic rings. The number of fused-ring (bicyclic) bond motifs is 1. The van der Waals surface area contributed by atoms with Crippen LogP contribution in [0.3, 0.4) is 0 Å². The Kier molecular flexibility index (Phi) is 5.78. The summed E-state index contributed by atoms with van der Waals surface area (Å²) >= 11 is 0. The fraction of sp³-hybridized carbons (Fsp3) is 0.118. The van der Waals surface area contributed by atoms with Crippen molar-refractivity contribution >= 4 is 11.7 Å². The van der Waals surface area contributed by atoms with Crippen LogP contribution in [0, 0.1) is 0 Å². The van der Waals surface area contributed by atoms with Crippen molar-refractivity contribution in [1.82, 2.24) is 0 Å². The van der Waals surface area contributed by atoms with Crippen LogP contribution >= 0.6 is 0 Å². The van der Waals surface area contributed by atoms with Gasteiger partial charge < -0.3 is 9.84 Å². The van der Waals surface area contributed by atoms with Crippen LogP contribution in [-0.4, -0.2) is 5.97 Å². The van der Waals surface area contributed by atoms with Gasteiger partial charge in [0, 0.05) is 12.0 Å². The number of benzene rings is 2. The number of hydrogen-bond acceptors (Lipinski definition) is 3. The van der Waals surface area contributed by atoms with E-state index in [2.05, 4.69) is 0 Å². The average molecular weight is 304 g/mol. The number of ether oxygens (including phenoxy) is 1. The van der Waals surface area contributed by atoms with Gasteiger partial charge in [0.15, 0.2) is 0 Å². The van der Waals surface area contributed by atoms with Crippen molar-refractivity contribution in [3.63, 3.8) is 0 Å². The van der Waals surface area contributed by atoms with E-state index in [-0.39, 0.29) is 69.3 Å². The van der Waals surface area contributed by atoms with E-state index in [4.69, 9.17) is 4.74 Å². The Balaban J connectivity index is 0.00000161. The third kappa shape index (κ3) is 3.65. The van der Waals surface area contributed by atoms with E-state index >= 15 is 0 Å². The van der Waals surface area contributed by atoms with Gasteiger partial charge in [-0.15, -0.1) is 0 Å². The molecule has 0 aliphatic heterocycles. The Hall–Kier alpha value is -0.914. The zero-order valence-corrected chi connectivity index (χ0v) is 15.0. The van der Waals surface area contributed by atoms with Crippen molar-refractivity contribution in [2.24, 2.45) is 0 Å². The zero-order chi connectivity index (χ0) is 13.9. The molecule has 0 heterocycles. The minimum atomic E-state index is -0.518. The van der Waals surface area contributed by atoms with E-state index in [1.54, 1.807) is 12.1 Å².